The first-order valence-electron chi connectivity index (χ1n) is 6.63. The molecule has 102 valence electrons. The minimum absolute atomic E-state index is 0.0341. The number of nitrogens with one attached hydrogen (secondary N) is 1. The third-order valence-corrected chi connectivity index (χ3v) is 2.99. The second-order valence-corrected chi connectivity index (χ2v) is 7.02. The van der Waals surface area contributed by atoms with Gasteiger partial charge in [0.25, 0.3) is 0 Å². The van der Waals surface area contributed by atoms with E-state index in [0.717, 1.165) is 5.56 Å². The highest BCUT2D eigenvalue weighted by Gasteiger charge is 2.16. The first-order valence-corrected chi connectivity index (χ1v) is 6.63. The molecule has 0 heterocycles. The minimum Gasteiger partial charge on any atom is -0.387 e. The van der Waals surface area contributed by atoms with Crippen molar-refractivity contribution in [3.05, 3.63) is 35.4 Å². The predicted octanol–water partition coefficient (Wildman–Crippen LogP) is 3.41. The molecule has 0 aliphatic carbocycles. The van der Waals surface area contributed by atoms with Gasteiger partial charge in [-0.3, -0.25) is 0 Å². The van der Waals surface area contributed by atoms with Crippen LogP contribution in [0.1, 0.15) is 58.8 Å². The maximum atomic E-state index is 10.1. The predicted molar refractivity (Wildman–Crippen MR) is 77.9 cm³/mol. The van der Waals surface area contributed by atoms with Gasteiger partial charge in [0.2, 0.25) is 0 Å². The van der Waals surface area contributed by atoms with E-state index < -0.39 is 6.10 Å². The Morgan fingerprint density at radius 2 is 1.50 bits per heavy atom. The van der Waals surface area contributed by atoms with E-state index >= 15 is 0 Å². The van der Waals surface area contributed by atoms with Crippen LogP contribution >= 0.6 is 0 Å². The molecule has 0 saturated heterocycles. The fraction of sp³-hybridized carbons (Fsp3) is 0.625. The standard InChI is InChI=1S/C16H27NO/c1-15(2,3)13-9-7-12(8-10-13)14(18)11-17-16(4,5)6/h7-10,14,17-18H,11H2,1-6H3/t14-/m1/s1. The Hall–Kier alpha value is -0.860. The van der Waals surface area contributed by atoms with Gasteiger partial charge in [-0.2, -0.15) is 0 Å². The van der Waals surface area contributed by atoms with Crippen molar-refractivity contribution in [2.45, 2.75) is 58.6 Å². The van der Waals surface area contributed by atoms with Crippen LogP contribution in [0.2, 0.25) is 0 Å². The van der Waals surface area contributed by atoms with Crippen LogP contribution in [0.5, 0.6) is 0 Å². The number of benzene rings is 1. The molecular weight excluding hydrogens is 222 g/mol. The highest BCUT2D eigenvalue weighted by atomic mass is 16.3. The summed E-state index contributed by atoms with van der Waals surface area (Å²) >= 11 is 0. The monoisotopic (exact) mass is 249 g/mol. The molecule has 0 fully saturated rings. The second-order valence-electron chi connectivity index (χ2n) is 7.02. The van der Waals surface area contributed by atoms with Gasteiger partial charge in [0, 0.05) is 12.1 Å². The van der Waals surface area contributed by atoms with Crippen LogP contribution < -0.4 is 5.32 Å². The number of aliphatic hydroxyl groups is 1. The summed E-state index contributed by atoms with van der Waals surface area (Å²) in [7, 11) is 0. The lowest BCUT2D eigenvalue weighted by Gasteiger charge is -2.24. The Labute approximate surface area is 111 Å². The van der Waals surface area contributed by atoms with Crippen molar-refractivity contribution in [3.8, 4) is 0 Å². The zero-order valence-corrected chi connectivity index (χ0v) is 12.5. The summed E-state index contributed by atoms with van der Waals surface area (Å²) in [5, 5.41) is 13.4. The lowest BCUT2D eigenvalue weighted by Crippen LogP contribution is -2.38. The fourth-order valence-corrected chi connectivity index (χ4v) is 1.73. The maximum Gasteiger partial charge on any atom is 0.0914 e. The Balaban J connectivity index is 2.68. The van der Waals surface area contributed by atoms with Crippen molar-refractivity contribution in [3.63, 3.8) is 0 Å². The summed E-state index contributed by atoms with van der Waals surface area (Å²) < 4.78 is 0. The smallest absolute Gasteiger partial charge is 0.0914 e. The highest BCUT2D eigenvalue weighted by molar-refractivity contribution is 5.28. The van der Waals surface area contributed by atoms with E-state index in [4.69, 9.17) is 0 Å². The summed E-state index contributed by atoms with van der Waals surface area (Å²) in [6, 6.07) is 8.26. The molecule has 0 spiro atoms. The number of aliphatic hydroxyl groups excluding tert-OH is 1. The van der Waals surface area contributed by atoms with Gasteiger partial charge < -0.3 is 10.4 Å². The molecule has 2 N–H and O–H groups in total. The lowest BCUT2D eigenvalue weighted by atomic mass is 9.86. The van der Waals surface area contributed by atoms with Crippen LogP contribution in [0.15, 0.2) is 24.3 Å². The van der Waals surface area contributed by atoms with E-state index in [0.29, 0.717) is 6.54 Å². The summed E-state index contributed by atoms with van der Waals surface area (Å²) in [4.78, 5) is 0. The number of hydrogen-bond donors (Lipinski definition) is 2. The molecule has 1 aromatic carbocycles. The van der Waals surface area contributed by atoms with E-state index in [1.165, 1.54) is 5.56 Å². The Bertz CT molecular complexity index is 368. The number of rotatable bonds is 3. The number of hydrogen-bond acceptors (Lipinski definition) is 2. The molecule has 0 saturated carbocycles. The van der Waals surface area contributed by atoms with Gasteiger partial charge in [-0.1, -0.05) is 45.0 Å². The first-order chi connectivity index (χ1) is 8.09. The molecule has 0 radical (unpaired) electrons. The van der Waals surface area contributed by atoms with Crippen LogP contribution in [0, 0.1) is 0 Å². The average molecular weight is 249 g/mol. The third-order valence-electron chi connectivity index (χ3n) is 2.99. The summed E-state index contributed by atoms with van der Waals surface area (Å²) in [5.41, 5.74) is 2.46. The van der Waals surface area contributed by atoms with Gasteiger partial charge in [-0.25, -0.2) is 0 Å². The SMILES string of the molecule is CC(C)(C)NC[C@@H](O)c1ccc(C(C)(C)C)cc1. The molecule has 0 aromatic heterocycles. The molecule has 2 heteroatoms. The average Bonchev–Trinajstić information content (AvgIpc) is 2.24. The fourth-order valence-electron chi connectivity index (χ4n) is 1.73. The van der Waals surface area contributed by atoms with Crippen molar-refractivity contribution >= 4 is 0 Å². The van der Waals surface area contributed by atoms with Crippen LogP contribution in [-0.4, -0.2) is 17.2 Å². The van der Waals surface area contributed by atoms with Gasteiger partial charge in [-0.05, 0) is 37.3 Å². The van der Waals surface area contributed by atoms with Crippen LogP contribution in [0.3, 0.4) is 0 Å². The van der Waals surface area contributed by atoms with Crippen molar-refractivity contribution in [1.82, 2.24) is 5.32 Å². The first kappa shape index (κ1) is 15.2. The molecule has 0 bridgehead atoms. The maximum absolute atomic E-state index is 10.1. The second kappa shape index (κ2) is 5.41. The summed E-state index contributed by atoms with van der Waals surface area (Å²) in [6.07, 6.45) is -0.446. The van der Waals surface area contributed by atoms with Crippen molar-refractivity contribution in [2.24, 2.45) is 0 Å². The molecule has 1 aromatic rings. The summed E-state index contributed by atoms with van der Waals surface area (Å²) in [5.74, 6) is 0. The van der Waals surface area contributed by atoms with Crippen molar-refractivity contribution in [2.75, 3.05) is 6.54 Å². The lowest BCUT2D eigenvalue weighted by molar-refractivity contribution is 0.163. The van der Waals surface area contributed by atoms with Gasteiger partial charge >= 0.3 is 0 Å². The largest absolute Gasteiger partial charge is 0.387 e. The topological polar surface area (TPSA) is 32.3 Å². The normalized spacial score (nSPS) is 14.6. The van der Waals surface area contributed by atoms with E-state index in [9.17, 15) is 5.11 Å². The van der Waals surface area contributed by atoms with Crippen LogP contribution in [0.25, 0.3) is 0 Å². The van der Waals surface area contributed by atoms with Gasteiger partial charge in [0.15, 0.2) is 0 Å². The molecule has 0 amide bonds. The molecule has 1 atom stereocenters. The molecule has 2 nitrogen and oxygen atoms in total. The van der Waals surface area contributed by atoms with Gasteiger partial charge in [-0.15, -0.1) is 0 Å². The van der Waals surface area contributed by atoms with E-state index in [1.54, 1.807) is 0 Å². The molecule has 0 aliphatic heterocycles. The Morgan fingerprint density at radius 3 is 1.89 bits per heavy atom. The Kier molecular flexibility index (Phi) is 4.57. The number of β-amino-alcohol motifs (C(OH)–C–C–N with tert-alkyl or cyclic N) is 1. The van der Waals surface area contributed by atoms with Gasteiger partial charge in [0.1, 0.15) is 0 Å². The van der Waals surface area contributed by atoms with Crippen molar-refractivity contribution < 1.29 is 5.11 Å². The van der Waals surface area contributed by atoms with E-state index in [2.05, 4.69) is 59.0 Å². The van der Waals surface area contributed by atoms with Gasteiger partial charge in [0.05, 0.1) is 6.10 Å². The zero-order chi connectivity index (χ0) is 14.0. The van der Waals surface area contributed by atoms with Crippen LogP contribution in [-0.2, 0) is 5.41 Å². The summed E-state index contributed by atoms with van der Waals surface area (Å²) in [6.45, 7) is 13.5. The Morgan fingerprint density at radius 1 is 1.00 bits per heavy atom. The van der Waals surface area contributed by atoms with E-state index in [-0.39, 0.29) is 11.0 Å². The molecule has 1 rings (SSSR count). The van der Waals surface area contributed by atoms with Crippen molar-refractivity contribution in [1.29, 1.82) is 0 Å². The quantitative estimate of drug-likeness (QED) is 0.860. The third kappa shape index (κ3) is 4.79. The van der Waals surface area contributed by atoms with E-state index in [1.807, 2.05) is 12.1 Å². The minimum atomic E-state index is -0.446. The van der Waals surface area contributed by atoms with Crippen LogP contribution in [0.4, 0.5) is 0 Å². The molecule has 0 aliphatic rings. The highest BCUT2D eigenvalue weighted by Crippen LogP contribution is 2.23. The molecule has 18 heavy (non-hydrogen) atoms. The zero-order valence-electron chi connectivity index (χ0n) is 12.5. The molecule has 0 unspecified atom stereocenters. The molecular formula is C16H27NO.